The van der Waals surface area contributed by atoms with Gasteiger partial charge in [-0.2, -0.15) is 0 Å². The van der Waals surface area contributed by atoms with E-state index in [1.807, 2.05) is 11.3 Å². The molecule has 0 radical (unpaired) electrons. The number of hydrogen-bond donors (Lipinski definition) is 1. The molecule has 2 heterocycles. The Kier molecular flexibility index (Phi) is 6.49. The van der Waals surface area contributed by atoms with Gasteiger partial charge in [-0.25, -0.2) is 0 Å². The number of thiophene rings is 1. The summed E-state index contributed by atoms with van der Waals surface area (Å²) in [4.78, 5) is 7.78. The molecule has 4 heteroatoms. The Bertz CT molecular complexity index is 383. The van der Waals surface area contributed by atoms with Gasteiger partial charge in [0.05, 0.1) is 0 Å². The predicted molar refractivity (Wildman–Crippen MR) is 88.5 cm³/mol. The molecule has 0 aromatic carbocycles. The van der Waals surface area contributed by atoms with Gasteiger partial charge >= 0.3 is 0 Å². The summed E-state index contributed by atoms with van der Waals surface area (Å²) in [6.45, 7) is 9.22. The molecular formula is C16H29N3S. The van der Waals surface area contributed by atoms with Crippen LogP contribution in [0.2, 0.25) is 0 Å². The number of aryl methyl sites for hydroxylation is 1. The largest absolute Gasteiger partial charge is 0.311 e. The molecular weight excluding hydrogens is 266 g/mol. The fourth-order valence-corrected chi connectivity index (χ4v) is 3.70. The van der Waals surface area contributed by atoms with Crippen molar-refractivity contribution in [3.63, 3.8) is 0 Å². The van der Waals surface area contributed by atoms with Crippen LogP contribution < -0.4 is 5.32 Å². The van der Waals surface area contributed by atoms with Crippen molar-refractivity contribution < 1.29 is 0 Å². The molecule has 0 saturated carbocycles. The molecule has 0 spiro atoms. The highest BCUT2D eigenvalue weighted by molar-refractivity contribution is 7.11. The molecule has 1 aromatic rings. The van der Waals surface area contributed by atoms with Crippen LogP contribution in [0.5, 0.6) is 0 Å². The van der Waals surface area contributed by atoms with Gasteiger partial charge in [-0.05, 0) is 65.0 Å². The molecule has 3 nitrogen and oxygen atoms in total. The number of nitrogens with one attached hydrogen (secondary N) is 1. The third kappa shape index (κ3) is 5.52. The second-order valence-corrected chi connectivity index (χ2v) is 7.57. The second kappa shape index (κ2) is 8.13. The van der Waals surface area contributed by atoms with E-state index in [-0.39, 0.29) is 0 Å². The first-order chi connectivity index (χ1) is 9.63. The fourth-order valence-electron chi connectivity index (χ4n) is 2.84. The molecule has 2 rings (SSSR count). The van der Waals surface area contributed by atoms with Crippen LogP contribution in [0.15, 0.2) is 12.1 Å². The zero-order valence-electron chi connectivity index (χ0n) is 13.2. The average Bonchev–Trinajstić information content (AvgIpc) is 2.83. The number of hydrogen-bond acceptors (Lipinski definition) is 4. The molecule has 114 valence electrons. The molecule has 1 aliphatic heterocycles. The standard InChI is InChI=1S/C16H29N3S/c1-14-4-5-16(20-14)12-17-8-11-19(3)13-15-6-9-18(2)10-7-15/h4-5,15,17H,6-13H2,1-3H3. The first kappa shape index (κ1) is 16.0. The minimum absolute atomic E-state index is 0.899. The normalized spacial score (nSPS) is 18.0. The molecule has 0 aliphatic carbocycles. The molecule has 1 aromatic heterocycles. The first-order valence-corrected chi connectivity index (χ1v) is 8.58. The van der Waals surface area contributed by atoms with Crippen LogP contribution in [0.4, 0.5) is 0 Å². The van der Waals surface area contributed by atoms with E-state index in [0.717, 1.165) is 25.6 Å². The first-order valence-electron chi connectivity index (χ1n) is 7.76. The van der Waals surface area contributed by atoms with Crippen LogP contribution in [-0.2, 0) is 6.54 Å². The maximum absolute atomic E-state index is 3.55. The minimum Gasteiger partial charge on any atom is -0.311 e. The highest BCUT2D eigenvalue weighted by Gasteiger charge is 2.17. The van der Waals surface area contributed by atoms with E-state index in [1.165, 1.54) is 42.2 Å². The summed E-state index contributed by atoms with van der Waals surface area (Å²) in [5.41, 5.74) is 0. The molecule has 1 aliphatic rings. The van der Waals surface area contributed by atoms with E-state index >= 15 is 0 Å². The van der Waals surface area contributed by atoms with E-state index in [4.69, 9.17) is 0 Å². The minimum atomic E-state index is 0.899. The third-order valence-corrected chi connectivity index (χ3v) is 5.17. The molecule has 1 saturated heterocycles. The smallest absolute Gasteiger partial charge is 0.0300 e. The van der Waals surface area contributed by atoms with Gasteiger partial charge in [-0.1, -0.05) is 0 Å². The number of piperidine rings is 1. The topological polar surface area (TPSA) is 18.5 Å². The Morgan fingerprint density at radius 1 is 1.35 bits per heavy atom. The predicted octanol–water partition coefficient (Wildman–Crippen LogP) is 2.42. The van der Waals surface area contributed by atoms with E-state index in [1.54, 1.807) is 0 Å². The van der Waals surface area contributed by atoms with Crippen LogP contribution in [0.3, 0.4) is 0 Å². The summed E-state index contributed by atoms with van der Waals surface area (Å²) in [7, 11) is 4.49. The number of likely N-dealkylation sites (tertiary alicyclic amines) is 1. The highest BCUT2D eigenvalue weighted by Crippen LogP contribution is 2.16. The summed E-state index contributed by atoms with van der Waals surface area (Å²) in [5.74, 6) is 0.899. The van der Waals surface area contributed by atoms with Gasteiger partial charge in [0.25, 0.3) is 0 Å². The van der Waals surface area contributed by atoms with Gasteiger partial charge < -0.3 is 15.1 Å². The van der Waals surface area contributed by atoms with Crippen LogP contribution >= 0.6 is 11.3 Å². The Morgan fingerprint density at radius 3 is 2.75 bits per heavy atom. The molecule has 0 bridgehead atoms. The zero-order chi connectivity index (χ0) is 14.4. The lowest BCUT2D eigenvalue weighted by atomic mass is 9.97. The Balaban J connectivity index is 1.55. The third-order valence-electron chi connectivity index (χ3n) is 4.17. The van der Waals surface area contributed by atoms with Crippen LogP contribution in [0, 0.1) is 12.8 Å². The summed E-state index contributed by atoms with van der Waals surface area (Å²) in [6, 6.07) is 4.43. The van der Waals surface area contributed by atoms with E-state index in [2.05, 4.69) is 48.3 Å². The summed E-state index contributed by atoms with van der Waals surface area (Å²) >= 11 is 1.89. The van der Waals surface area contributed by atoms with Crippen molar-refractivity contribution in [2.24, 2.45) is 5.92 Å². The summed E-state index contributed by atoms with van der Waals surface area (Å²) in [5, 5.41) is 3.55. The van der Waals surface area contributed by atoms with Gasteiger partial charge in [0, 0.05) is 35.9 Å². The molecule has 0 amide bonds. The maximum Gasteiger partial charge on any atom is 0.0300 e. The number of nitrogens with zero attached hydrogens (tertiary/aromatic N) is 2. The second-order valence-electron chi connectivity index (χ2n) is 6.20. The van der Waals surface area contributed by atoms with Crippen LogP contribution in [0.25, 0.3) is 0 Å². The van der Waals surface area contributed by atoms with Crippen molar-refractivity contribution in [2.75, 3.05) is 46.8 Å². The Hall–Kier alpha value is -0.420. The average molecular weight is 295 g/mol. The molecule has 1 N–H and O–H groups in total. The van der Waals surface area contributed by atoms with Gasteiger partial charge in [0.1, 0.15) is 0 Å². The van der Waals surface area contributed by atoms with E-state index in [0.29, 0.717) is 0 Å². The van der Waals surface area contributed by atoms with Gasteiger partial charge in [0.15, 0.2) is 0 Å². The Morgan fingerprint density at radius 2 is 2.10 bits per heavy atom. The SMILES string of the molecule is Cc1ccc(CNCCN(C)CC2CCN(C)CC2)s1. The number of likely N-dealkylation sites (N-methyl/N-ethyl adjacent to an activating group) is 1. The van der Waals surface area contributed by atoms with E-state index in [9.17, 15) is 0 Å². The van der Waals surface area contributed by atoms with Gasteiger partial charge in [0.2, 0.25) is 0 Å². The van der Waals surface area contributed by atoms with Crippen LogP contribution in [0.1, 0.15) is 22.6 Å². The molecule has 0 atom stereocenters. The summed E-state index contributed by atoms with van der Waals surface area (Å²) < 4.78 is 0. The van der Waals surface area contributed by atoms with Crippen molar-refractivity contribution in [1.29, 1.82) is 0 Å². The van der Waals surface area contributed by atoms with Crippen molar-refractivity contribution >= 4 is 11.3 Å². The van der Waals surface area contributed by atoms with Crippen molar-refractivity contribution in [1.82, 2.24) is 15.1 Å². The van der Waals surface area contributed by atoms with E-state index < -0.39 is 0 Å². The molecule has 0 unspecified atom stereocenters. The lowest BCUT2D eigenvalue weighted by Crippen LogP contribution is -2.37. The highest BCUT2D eigenvalue weighted by atomic mass is 32.1. The summed E-state index contributed by atoms with van der Waals surface area (Å²) in [6.07, 6.45) is 2.73. The van der Waals surface area contributed by atoms with Gasteiger partial charge in [-0.15, -0.1) is 11.3 Å². The zero-order valence-corrected chi connectivity index (χ0v) is 14.0. The maximum atomic E-state index is 3.55. The number of rotatable bonds is 7. The van der Waals surface area contributed by atoms with Gasteiger partial charge in [-0.3, -0.25) is 0 Å². The van der Waals surface area contributed by atoms with Crippen molar-refractivity contribution in [3.8, 4) is 0 Å². The lowest BCUT2D eigenvalue weighted by molar-refractivity contribution is 0.176. The monoisotopic (exact) mass is 295 g/mol. The lowest BCUT2D eigenvalue weighted by Gasteiger charge is -2.31. The quantitative estimate of drug-likeness (QED) is 0.780. The molecule has 20 heavy (non-hydrogen) atoms. The Labute approximate surface area is 128 Å². The van der Waals surface area contributed by atoms with Crippen LogP contribution in [-0.4, -0.2) is 56.6 Å². The van der Waals surface area contributed by atoms with Crippen molar-refractivity contribution in [3.05, 3.63) is 21.9 Å². The van der Waals surface area contributed by atoms with Crippen molar-refractivity contribution in [2.45, 2.75) is 26.3 Å². The fraction of sp³-hybridized carbons (Fsp3) is 0.750. The molecule has 1 fully saturated rings.